The second kappa shape index (κ2) is 11.6. The molecule has 0 N–H and O–H groups in total. The van der Waals surface area contributed by atoms with Crippen LogP contribution < -0.4 is 0 Å². The fourth-order valence-electron chi connectivity index (χ4n) is 1.60. The van der Waals surface area contributed by atoms with Crippen LogP contribution in [0.3, 0.4) is 0 Å². The zero-order valence-corrected chi connectivity index (χ0v) is 12.3. The average molecular weight is 276 g/mol. The van der Waals surface area contributed by atoms with E-state index in [0.717, 1.165) is 39.4 Å². The van der Waals surface area contributed by atoms with Gasteiger partial charge in [-0.05, 0) is 14.1 Å². The van der Waals surface area contributed by atoms with Crippen molar-refractivity contribution in [2.45, 2.75) is 0 Å². The number of likely N-dealkylation sites (N-methyl/N-ethyl adjacent to an activating group) is 2. The summed E-state index contributed by atoms with van der Waals surface area (Å²) >= 11 is 0. The van der Waals surface area contributed by atoms with Crippen LogP contribution in [-0.2, 0) is 18.9 Å². The molecule has 114 valence electrons. The van der Waals surface area contributed by atoms with Gasteiger partial charge >= 0.3 is 0 Å². The third-order valence-electron chi connectivity index (χ3n) is 3.01. The highest BCUT2D eigenvalue weighted by molar-refractivity contribution is 4.51. The van der Waals surface area contributed by atoms with Gasteiger partial charge in [0, 0.05) is 26.2 Å². The van der Waals surface area contributed by atoms with Gasteiger partial charge in [-0.1, -0.05) is 0 Å². The maximum absolute atomic E-state index is 5.51. The van der Waals surface area contributed by atoms with Crippen molar-refractivity contribution in [1.29, 1.82) is 0 Å². The average Bonchev–Trinajstić information content (AvgIpc) is 2.40. The van der Waals surface area contributed by atoms with Gasteiger partial charge in [-0.2, -0.15) is 0 Å². The molecule has 0 saturated carbocycles. The predicted molar refractivity (Wildman–Crippen MR) is 73.4 cm³/mol. The Morgan fingerprint density at radius 1 is 0.526 bits per heavy atom. The predicted octanol–water partition coefficient (Wildman–Crippen LogP) is -0.112. The van der Waals surface area contributed by atoms with Crippen molar-refractivity contribution in [3.63, 3.8) is 0 Å². The second-order valence-electron chi connectivity index (χ2n) is 4.77. The van der Waals surface area contributed by atoms with E-state index in [9.17, 15) is 0 Å². The highest BCUT2D eigenvalue weighted by Gasteiger charge is 2.01. The quantitative estimate of drug-likeness (QED) is 0.615. The minimum Gasteiger partial charge on any atom is -0.378 e. The van der Waals surface area contributed by atoms with Crippen molar-refractivity contribution >= 4 is 0 Å². The van der Waals surface area contributed by atoms with Crippen molar-refractivity contribution < 1.29 is 18.9 Å². The first kappa shape index (κ1) is 16.8. The minimum absolute atomic E-state index is 0.370. The third kappa shape index (κ3) is 10.2. The molecule has 6 nitrogen and oxygen atoms in total. The van der Waals surface area contributed by atoms with Crippen molar-refractivity contribution in [3.8, 4) is 0 Å². The van der Waals surface area contributed by atoms with Gasteiger partial charge in [0.1, 0.15) is 6.79 Å². The largest absolute Gasteiger partial charge is 0.378 e. The van der Waals surface area contributed by atoms with E-state index in [1.165, 1.54) is 0 Å². The van der Waals surface area contributed by atoms with E-state index >= 15 is 0 Å². The van der Waals surface area contributed by atoms with Crippen LogP contribution in [0.25, 0.3) is 0 Å². The van der Waals surface area contributed by atoms with Gasteiger partial charge in [0.05, 0.1) is 39.6 Å². The summed E-state index contributed by atoms with van der Waals surface area (Å²) in [6.45, 7) is 8.15. The van der Waals surface area contributed by atoms with E-state index in [1.54, 1.807) is 0 Å². The van der Waals surface area contributed by atoms with E-state index in [-0.39, 0.29) is 0 Å². The lowest BCUT2D eigenvalue weighted by Crippen LogP contribution is -2.28. The summed E-state index contributed by atoms with van der Waals surface area (Å²) in [7, 11) is 4.13. The van der Waals surface area contributed by atoms with Crippen LogP contribution in [0, 0.1) is 0 Å². The maximum atomic E-state index is 5.51. The van der Waals surface area contributed by atoms with Crippen LogP contribution in [0.5, 0.6) is 0 Å². The Balaban J connectivity index is 2.17. The summed E-state index contributed by atoms with van der Waals surface area (Å²) < 4.78 is 21.9. The molecule has 19 heavy (non-hydrogen) atoms. The van der Waals surface area contributed by atoms with Gasteiger partial charge in [0.25, 0.3) is 0 Å². The summed E-state index contributed by atoms with van der Waals surface area (Å²) in [6, 6.07) is 0. The van der Waals surface area contributed by atoms with E-state index in [0.29, 0.717) is 33.2 Å². The first-order valence-electron chi connectivity index (χ1n) is 6.97. The normalized spacial score (nSPS) is 24.9. The molecule has 0 aromatic heterocycles. The number of nitrogens with zero attached hydrogens (tertiary/aromatic N) is 2. The summed E-state index contributed by atoms with van der Waals surface area (Å²) in [6.07, 6.45) is 0. The Labute approximate surface area is 116 Å². The summed E-state index contributed by atoms with van der Waals surface area (Å²) in [5.41, 5.74) is 0. The van der Waals surface area contributed by atoms with Crippen LogP contribution in [-0.4, -0.2) is 96.5 Å². The first-order chi connectivity index (χ1) is 9.29. The number of hydrogen-bond acceptors (Lipinski definition) is 6. The van der Waals surface area contributed by atoms with Crippen molar-refractivity contribution in [2.24, 2.45) is 0 Å². The maximum Gasteiger partial charge on any atom is 0.146 e. The molecule has 0 aromatic rings. The number of rotatable bonds is 0. The summed E-state index contributed by atoms with van der Waals surface area (Å²) in [4.78, 5) is 4.37. The molecule has 6 heteroatoms. The number of hydrogen-bond donors (Lipinski definition) is 0. The Morgan fingerprint density at radius 3 is 1.32 bits per heavy atom. The fraction of sp³-hybridized carbons (Fsp3) is 1.00. The van der Waals surface area contributed by atoms with E-state index in [2.05, 4.69) is 23.9 Å². The van der Waals surface area contributed by atoms with Gasteiger partial charge in [-0.25, -0.2) is 0 Å². The Hall–Kier alpha value is -0.240. The van der Waals surface area contributed by atoms with Gasteiger partial charge < -0.3 is 28.7 Å². The minimum atomic E-state index is 0.370. The molecule has 0 radical (unpaired) electrons. The summed E-state index contributed by atoms with van der Waals surface area (Å²) in [5.74, 6) is 0. The lowest BCUT2D eigenvalue weighted by Gasteiger charge is -2.16. The van der Waals surface area contributed by atoms with E-state index in [4.69, 9.17) is 18.9 Å². The zero-order chi connectivity index (χ0) is 13.8. The highest BCUT2D eigenvalue weighted by atomic mass is 16.7. The van der Waals surface area contributed by atoms with Gasteiger partial charge in [-0.15, -0.1) is 0 Å². The van der Waals surface area contributed by atoms with Crippen molar-refractivity contribution in [3.05, 3.63) is 0 Å². The SMILES string of the molecule is CN1CCOCCOCCN(C)CCOCOCC1. The fourth-order valence-corrected chi connectivity index (χ4v) is 1.60. The van der Waals surface area contributed by atoms with E-state index in [1.807, 2.05) is 0 Å². The molecule has 1 rings (SSSR count). The van der Waals surface area contributed by atoms with Crippen LogP contribution >= 0.6 is 0 Å². The van der Waals surface area contributed by atoms with Crippen molar-refractivity contribution in [2.75, 3.05) is 86.7 Å². The van der Waals surface area contributed by atoms with Crippen LogP contribution in [0.15, 0.2) is 0 Å². The molecule has 0 atom stereocenters. The lowest BCUT2D eigenvalue weighted by atomic mass is 10.5. The number of ether oxygens (including phenoxy) is 4. The lowest BCUT2D eigenvalue weighted by molar-refractivity contribution is -0.0613. The molecule has 0 unspecified atom stereocenters. The molecule has 1 aliphatic heterocycles. The Bertz CT molecular complexity index is 187. The van der Waals surface area contributed by atoms with Gasteiger partial charge in [0.15, 0.2) is 0 Å². The first-order valence-corrected chi connectivity index (χ1v) is 6.97. The standard InChI is InChI=1S/C13H28N2O4/c1-14-3-7-16-11-12-17-8-4-15(2)6-10-19-13-18-9-5-14/h3-13H2,1-2H3. The smallest absolute Gasteiger partial charge is 0.146 e. The van der Waals surface area contributed by atoms with Crippen molar-refractivity contribution in [1.82, 2.24) is 9.80 Å². The molecule has 0 aromatic carbocycles. The monoisotopic (exact) mass is 276 g/mol. The van der Waals surface area contributed by atoms with E-state index < -0.39 is 0 Å². The van der Waals surface area contributed by atoms with Crippen LogP contribution in [0.1, 0.15) is 0 Å². The Kier molecular flexibility index (Phi) is 10.2. The molecular formula is C13H28N2O4. The molecule has 0 aliphatic carbocycles. The highest BCUT2D eigenvalue weighted by Crippen LogP contribution is 1.89. The second-order valence-corrected chi connectivity index (χ2v) is 4.77. The Morgan fingerprint density at radius 2 is 0.895 bits per heavy atom. The third-order valence-corrected chi connectivity index (χ3v) is 3.01. The topological polar surface area (TPSA) is 43.4 Å². The molecule has 0 amide bonds. The zero-order valence-electron chi connectivity index (χ0n) is 12.3. The van der Waals surface area contributed by atoms with Gasteiger partial charge in [0.2, 0.25) is 0 Å². The molecule has 1 fully saturated rings. The molecule has 1 heterocycles. The molecule has 1 saturated heterocycles. The van der Waals surface area contributed by atoms with Crippen LogP contribution in [0.4, 0.5) is 0 Å². The molecule has 0 bridgehead atoms. The summed E-state index contributed by atoms with van der Waals surface area (Å²) in [5, 5.41) is 0. The molecule has 1 aliphatic rings. The van der Waals surface area contributed by atoms with Crippen LogP contribution in [0.2, 0.25) is 0 Å². The molecular weight excluding hydrogens is 248 g/mol. The molecule has 0 spiro atoms. The van der Waals surface area contributed by atoms with Gasteiger partial charge in [-0.3, -0.25) is 0 Å².